The summed E-state index contributed by atoms with van der Waals surface area (Å²) in [5, 5.41) is 3.55. The van der Waals surface area contributed by atoms with Crippen LogP contribution in [0.25, 0.3) is 0 Å². The number of likely N-dealkylation sites (tertiary alicyclic amines) is 1. The molecule has 1 fully saturated rings. The molecule has 1 aliphatic rings. The molecule has 8 heteroatoms. The quantitative estimate of drug-likeness (QED) is 0.545. The van der Waals surface area contributed by atoms with E-state index in [0.717, 1.165) is 75.3 Å². The van der Waals surface area contributed by atoms with Crippen LogP contribution in [0.4, 0.5) is 5.69 Å². The minimum absolute atomic E-state index is 0. The Bertz CT molecular complexity index is 545. The van der Waals surface area contributed by atoms with Gasteiger partial charge in [0.25, 0.3) is 0 Å². The Balaban J connectivity index is 0.00000364. The summed E-state index contributed by atoms with van der Waals surface area (Å²) in [6.07, 6.45) is 6.83. The lowest BCUT2D eigenvalue weighted by Gasteiger charge is -2.33. The molecule has 0 unspecified atom stereocenters. The van der Waals surface area contributed by atoms with Gasteiger partial charge >= 0.3 is 0 Å². The number of amides is 1. The van der Waals surface area contributed by atoms with Gasteiger partial charge in [0.05, 0.1) is 14.2 Å². The second-order valence-corrected chi connectivity index (χ2v) is 6.85. The second-order valence-electron chi connectivity index (χ2n) is 6.85. The Hall–Kier alpha value is -1.37. The highest BCUT2D eigenvalue weighted by molar-refractivity contribution is 5.85. The number of ether oxygens (including phenoxy) is 2. The van der Waals surface area contributed by atoms with Crippen molar-refractivity contribution in [1.29, 1.82) is 0 Å². The number of carbonyl (C=O) groups is 1. The minimum Gasteiger partial charge on any atom is -0.497 e. The van der Waals surface area contributed by atoms with Gasteiger partial charge in [-0.05, 0) is 32.2 Å². The summed E-state index contributed by atoms with van der Waals surface area (Å²) in [5.74, 6) is 1.84. The molecule has 0 saturated carbocycles. The summed E-state index contributed by atoms with van der Waals surface area (Å²) in [5.41, 5.74) is 6.48. The number of halogens is 2. The maximum Gasteiger partial charge on any atom is 0.222 e. The van der Waals surface area contributed by atoms with E-state index in [4.69, 9.17) is 15.2 Å². The number of anilines is 1. The van der Waals surface area contributed by atoms with E-state index in [-0.39, 0.29) is 24.8 Å². The summed E-state index contributed by atoms with van der Waals surface area (Å²) < 4.78 is 10.6. The van der Waals surface area contributed by atoms with Gasteiger partial charge < -0.3 is 25.4 Å². The molecule has 0 radical (unpaired) electrons. The van der Waals surface area contributed by atoms with Crippen molar-refractivity contribution in [2.24, 2.45) is 5.73 Å². The van der Waals surface area contributed by atoms with E-state index in [9.17, 15) is 4.79 Å². The summed E-state index contributed by atoms with van der Waals surface area (Å²) >= 11 is 0. The first-order chi connectivity index (χ1) is 12.7. The summed E-state index contributed by atoms with van der Waals surface area (Å²) in [4.78, 5) is 14.3. The molecule has 0 atom stereocenters. The van der Waals surface area contributed by atoms with Gasteiger partial charge in [0.15, 0.2) is 0 Å². The van der Waals surface area contributed by atoms with Crippen molar-refractivity contribution in [1.82, 2.24) is 4.90 Å². The largest absolute Gasteiger partial charge is 0.497 e. The number of methoxy groups -OCH3 is 2. The average molecular weight is 436 g/mol. The highest BCUT2D eigenvalue weighted by Crippen LogP contribution is 2.27. The molecule has 162 valence electrons. The number of benzene rings is 1. The molecule has 1 aromatic carbocycles. The lowest BCUT2D eigenvalue weighted by molar-refractivity contribution is -0.132. The van der Waals surface area contributed by atoms with Crippen LogP contribution in [0.1, 0.15) is 44.9 Å². The fourth-order valence-corrected chi connectivity index (χ4v) is 3.33. The van der Waals surface area contributed by atoms with Crippen LogP contribution in [0.3, 0.4) is 0 Å². The van der Waals surface area contributed by atoms with Crippen molar-refractivity contribution in [3.63, 3.8) is 0 Å². The first-order valence-electron chi connectivity index (χ1n) is 9.63. The van der Waals surface area contributed by atoms with Crippen molar-refractivity contribution < 1.29 is 14.3 Å². The zero-order valence-electron chi connectivity index (χ0n) is 16.9. The van der Waals surface area contributed by atoms with Crippen molar-refractivity contribution in [3.05, 3.63) is 18.2 Å². The van der Waals surface area contributed by atoms with Crippen molar-refractivity contribution >= 4 is 36.4 Å². The molecule has 1 saturated heterocycles. The molecule has 6 nitrogen and oxygen atoms in total. The van der Waals surface area contributed by atoms with Crippen molar-refractivity contribution in [2.75, 3.05) is 39.2 Å². The van der Waals surface area contributed by atoms with Crippen LogP contribution < -0.4 is 20.5 Å². The molecule has 1 amide bonds. The van der Waals surface area contributed by atoms with E-state index in [2.05, 4.69) is 5.32 Å². The molecule has 0 aromatic heterocycles. The third-order valence-electron chi connectivity index (χ3n) is 4.91. The predicted octanol–water partition coefficient (Wildman–Crippen LogP) is 3.86. The van der Waals surface area contributed by atoms with Gasteiger partial charge in [-0.1, -0.05) is 12.8 Å². The van der Waals surface area contributed by atoms with Crippen LogP contribution in [0.5, 0.6) is 11.5 Å². The Morgan fingerprint density at radius 2 is 1.61 bits per heavy atom. The third kappa shape index (κ3) is 8.76. The number of rotatable bonds is 10. The van der Waals surface area contributed by atoms with Crippen LogP contribution in [-0.4, -0.2) is 50.7 Å². The van der Waals surface area contributed by atoms with Gasteiger partial charge in [-0.2, -0.15) is 0 Å². The van der Waals surface area contributed by atoms with Crippen LogP contribution in [0, 0.1) is 0 Å². The Morgan fingerprint density at radius 3 is 2.14 bits per heavy atom. The highest BCUT2D eigenvalue weighted by atomic mass is 35.5. The Kier molecular flexibility index (Phi) is 13.9. The first-order valence-corrected chi connectivity index (χ1v) is 9.63. The molecule has 1 heterocycles. The van der Waals surface area contributed by atoms with E-state index in [1.54, 1.807) is 14.2 Å². The number of carbonyl (C=O) groups excluding carboxylic acids is 1. The van der Waals surface area contributed by atoms with E-state index >= 15 is 0 Å². The Labute approximate surface area is 181 Å². The number of nitrogens with zero attached hydrogens (tertiary/aromatic N) is 1. The van der Waals surface area contributed by atoms with Gasteiger partial charge in [-0.25, -0.2) is 0 Å². The zero-order chi connectivity index (χ0) is 18.8. The molecule has 1 aromatic rings. The normalized spacial score (nSPS) is 13.9. The number of nitrogens with two attached hydrogens (primary N) is 1. The molecule has 3 N–H and O–H groups in total. The van der Waals surface area contributed by atoms with Gasteiger partial charge in [0, 0.05) is 49.4 Å². The van der Waals surface area contributed by atoms with Crippen molar-refractivity contribution in [2.45, 2.75) is 51.0 Å². The SMILES string of the molecule is COc1cc(NC2CCN(C(=O)CCCCCCN)CC2)cc(OC)c1.Cl.Cl. The molecular formula is C20H35Cl2N3O3. The standard InChI is InChI=1S/C20H33N3O3.2ClH/c1-25-18-13-17(14-19(15-18)26-2)22-16-8-11-23(12-9-16)20(24)7-5-3-4-6-10-21;;/h13-16,22H,3-12,21H2,1-2H3;2*1H. The monoisotopic (exact) mass is 435 g/mol. The maximum absolute atomic E-state index is 12.3. The summed E-state index contributed by atoms with van der Waals surface area (Å²) in [6.45, 7) is 2.38. The van der Waals surface area contributed by atoms with Crippen molar-refractivity contribution in [3.8, 4) is 11.5 Å². The molecule has 0 aliphatic carbocycles. The number of nitrogens with one attached hydrogen (secondary N) is 1. The van der Waals surface area contributed by atoms with Gasteiger partial charge in [-0.3, -0.25) is 4.79 Å². The second kappa shape index (κ2) is 14.6. The molecule has 0 spiro atoms. The zero-order valence-corrected chi connectivity index (χ0v) is 18.6. The van der Waals surface area contributed by atoms with Crippen LogP contribution in [0.15, 0.2) is 18.2 Å². The Morgan fingerprint density at radius 1 is 1.04 bits per heavy atom. The number of hydrogen-bond acceptors (Lipinski definition) is 5. The molecular weight excluding hydrogens is 401 g/mol. The first kappa shape index (κ1) is 26.6. The average Bonchev–Trinajstić information content (AvgIpc) is 2.67. The number of hydrogen-bond donors (Lipinski definition) is 2. The minimum atomic E-state index is 0. The molecule has 0 bridgehead atoms. The van der Waals surface area contributed by atoms with E-state index < -0.39 is 0 Å². The fraction of sp³-hybridized carbons (Fsp3) is 0.650. The van der Waals surface area contributed by atoms with E-state index in [1.807, 2.05) is 23.1 Å². The third-order valence-corrected chi connectivity index (χ3v) is 4.91. The predicted molar refractivity (Wildman–Crippen MR) is 119 cm³/mol. The van der Waals surface area contributed by atoms with Gasteiger partial charge in [0.1, 0.15) is 11.5 Å². The van der Waals surface area contributed by atoms with Crippen LogP contribution in [0.2, 0.25) is 0 Å². The molecule has 2 rings (SSSR count). The maximum atomic E-state index is 12.3. The highest BCUT2D eigenvalue weighted by Gasteiger charge is 2.22. The summed E-state index contributed by atoms with van der Waals surface area (Å²) in [6, 6.07) is 6.17. The lowest BCUT2D eigenvalue weighted by atomic mass is 10.0. The topological polar surface area (TPSA) is 76.8 Å². The molecule has 28 heavy (non-hydrogen) atoms. The van der Waals surface area contributed by atoms with E-state index in [1.165, 1.54) is 0 Å². The van der Waals surface area contributed by atoms with Crippen LogP contribution >= 0.6 is 24.8 Å². The number of piperidine rings is 1. The lowest BCUT2D eigenvalue weighted by Crippen LogP contribution is -2.42. The van der Waals surface area contributed by atoms with E-state index in [0.29, 0.717) is 18.4 Å². The van der Waals surface area contributed by atoms with Gasteiger partial charge in [0.2, 0.25) is 5.91 Å². The van der Waals surface area contributed by atoms with Gasteiger partial charge in [-0.15, -0.1) is 24.8 Å². The smallest absolute Gasteiger partial charge is 0.222 e. The molecule has 1 aliphatic heterocycles. The summed E-state index contributed by atoms with van der Waals surface area (Å²) in [7, 11) is 3.30. The number of unbranched alkanes of at least 4 members (excludes halogenated alkanes) is 3. The van der Waals surface area contributed by atoms with Crippen LogP contribution in [-0.2, 0) is 4.79 Å². The fourth-order valence-electron chi connectivity index (χ4n) is 3.33.